The van der Waals surface area contributed by atoms with Crippen LogP contribution >= 0.6 is 0 Å². The quantitative estimate of drug-likeness (QED) is 0.897. The molecule has 1 aromatic heterocycles. The Labute approximate surface area is 120 Å². The van der Waals surface area contributed by atoms with Crippen LogP contribution in [0.1, 0.15) is 35.4 Å². The zero-order valence-corrected chi connectivity index (χ0v) is 12.6. The summed E-state index contributed by atoms with van der Waals surface area (Å²) in [4.78, 5) is 8.07. The lowest BCUT2D eigenvalue weighted by atomic mass is 9.98. The third kappa shape index (κ3) is 2.63. The van der Waals surface area contributed by atoms with Gasteiger partial charge in [0.05, 0.1) is 11.9 Å². The van der Waals surface area contributed by atoms with Gasteiger partial charge in [0.2, 0.25) is 0 Å². The minimum atomic E-state index is 0.592. The fraction of sp³-hybridized carbons (Fsp3) is 0.471. The first-order valence-corrected chi connectivity index (χ1v) is 7.49. The van der Waals surface area contributed by atoms with E-state index in [-0.39, 0.29) is 0 Å². The van der Waals surface area contributed by atoms with Crippen molar-refractivity contribution < 1.29 is 0 Å². The molecule has 0 spiro atoms. The molecule has 2 N–H and O–H groups in total. The van der Waals surface area contributed by atoms with Crippen molar-refractivity contribution in [3.63, 3.8) is 0 Å². The molecular formula is C17H23N3. The fourth-order valence-electron chi connectivity index (χ4n) is 3.36. The minimum absolute atomic E-state index is 0.592. The zero-order valence-electron chi connectivity index (χ0n) is 12.6. The largest absolute Gasteiger partial charge is 0.342 e. The second kappa shape index (κ2) is 5.41. The molecule has 1 aliphatic heterocycles. The van der Waals surface area contributed by atoms with Crippen LogP contribution in [0, 0.1) is 20.8 Å². The molecule has 20 heavy (non-hydrogen) atoms. The summed E-state index contributed by atoms with van der Waals surface area (Å²) >= 11 is 0. The molecule has 0 aliphatic carbocycles. The molecule has 2 heterocycles. The number of H-pyrrole nitrogens is 1. The van der Waals surface area contributed by atoms with E-state index >= 15 is 0 Å². The van der Waals surface area contributed by atoms with Gasteiger partial charge in [0, 0.05) is 18.0 Å². The minimum Gasteiger partial charge on any atom is -0.342 e. The number of aromatic amines is 1. The van der Waals surface area contributed by atoms with Crippen molar-refractivity contribution in [2.24, 2.45) is 0 Å². The van der Waals surface area contributed by atoms with Gasteiger partial charge in [0.25, 0.3) is 0 Å². The first kappa shape index (κ1) is 13.4. The normalized spacial score (nSPS) is 18.6. The van der Waals surface area contributed by atoms with Gasteiger partial charge in [-0.3, -0.25) is 0 Å². The number of aryl methyl sites for hydroxylation is 3. The van der Waals surface area contributed by atoms with E-state index in [0.29, 0.717) is 6.04 Å². The Hall–Kier alpha value is -1.61. The number of hydrogen-bond donors (Lipinski definition) is 2. The molecule has 3 heteroatoms. The lowest BCUT2D eigenvalue weighted by Crippen LogP contribution is -2.24. The van der Waals surface area contributed by atoms with Gasteiger partial charge in [-0.1, -0.05) is 17.7 Å². The standard InChI is InChI=1S/C17H23N3/c1-11-7-12(2)17(13(3)8-11)15-10-19-16(20-15)9-14-5-4-6-18-14/h7-8,10,14,18H,4-6,9H2,1-3H3,(H,19,20). The molecule has 2 aromatic rings. The number of hydrogen-bond acceptors (Lipinski definition) is 2. The summed E-state index contributed by atoms with van der Waals surface area (Å²) in [6.45, 7) is 7.64. The molecule has 1 atom stereocenters. The van der Waals surface area contributed by atoms with Crippen LogP contribution in [0.2, 0.25) is 0 Å². The SMILES string of the molecule is Cc1cc(C)c(-c2cnc(CC3CCCN3)[nH]2)c(C)c1. The van der Waals surface area contributed by atoms with Crippen LogP contribution in [-0.4, -0.2) is 22.6 Å². The molecule has 0 bridgehead atoms. The second-order valence-corrected chi connectivity index (χ2v) is 6.01. The molecule has 3 rings (SSSR count). The Bertz CT molecular complexity index is 583. The number of benzene rings is 1. The van der Waals surface area contributed by atoms with Crippen LogP contribution in [0.5, 0.6) is 0 Å². The molecule has 106 valence electrons. The lowest BCUT2D eigenvalue weighted by molar-refractivity contribution is 0.589. The van der Waals surface area contributed by atoms with E-state index in [1.165, 1.54) is 35.1 Å². The summed E-state index contributed by atoms with van der Waals surface area (Å²) in [5.41, 5.74) is 6.40. The molecule has 1 saturated heterocycles. The Morgan fingerprint density at radius 3 is 2.60 bits per heavy atom. The molecule has 0 amide bonds. The van der Waals surface area contributed by atoms with Crippen LogP contribution in [-0.2, 0) is 6.42 Å². The third-order valence-electron chi connectivity index (χ3n) is 4.18. The van der Waals surface area contributed by atoms with Gasteiger partial charge in [-0.05, 0) is 51.3 Å². The van der Waals surface area contributed by atoms with Gasteiger partial charge < -0.3 is 10.3 Å². The Morgan fingerprint density at radius 2 is 1.95 bits per heavy atom. The van der Waals surface area contributed by atoms with Crippen molar-refractivity contribution in [1.29, 1.82) is 0 Å². The summed E-state index contributed by atoms with van der Waals surface area (Å²) in [7, 11) is 0. The molecule has 0 saturated carbocycles. The molecule has 0 radical (unpaired) electrons. The molecule has 1 aliphatic rings. The van der Waals surface area contributed by atoms with E-state index in [4.69, 9.17) is 0 Å². The first-order chi connectivity index (χ1) is 9.63. The van der Waals surface area contributed by atoms with Crippen LogP contribution in [0.15, 0.2) is 18.3 Å². The molecule has 1 unspecified atom stereocenters. The van der Waals surface area contributed by atoms with Crippen molar-refractivity contribution >= 4 is 0 Å². The molecule has 1 fully saturated rings. The highest BCUT2D eigenvalue weighted by atomic mass is 15.0. The Kier molecular flexibility index (Phi) is 3.62. The monoisotopic (exact) mass is 269 g/mol. The smallest absolute Gasteiger partial charge is 0.108 e. The first-order valence-electron chi connectivity index (χ1n) is 7.49. The van der Waals surface area contributed by atoms with E-state index in [1.807, 2.05) is 6.20 Å². The van der Waals surface area contributed by atoms with E-state index in [2.05, 4.69) is 48.2 Å². The summed E-state index contributed by atoms with van der Waals surface area (Å²) in [6, 6.07) is 5.07. The Morgan fingerprint density at radius 1 is 1.20 bits per heavy atom. The van der Waals surface area contributed by atoms with Crippen LogP contribution < -0.4 is 5.32 Å². The average molecular weight is 269 g/mol. The van der Waals surface area contributed by atoms with Gasteiger partial charge in [-0.25, -0.2) is 4.98 Å². The summed E-state index contributed by atoms with van der Waals surface area (Å²) in [5, 5.41) is 3.52. The molecule has 3 nitrogen and oxygen atoms in total. The van der Waals surface area contributed by atoms with Crippen molar-refractivity contribution in [2.75, 3.05) is 6.54 Å². The van der Waals surface area contributed by atoms with Gasteiger partial charge in [0.1, 0.15) is 5.82 Å². The number of nitrogens with zero attached hydrogens (tertiary/aromatic N) is 1. The van der Waals surface area contributed by atoms with Gasteiger partial charge in [0.15, 0.2) is 0 Å². The van der Waals surface area contributed by atoms with Crippen molar-refractivity contribution in [3.05, 3.63) is 40.8 Å². The highest BCUT2D eigenvalue weighted by Crippen LogP contribution is 2.27. The predicted molar refractivity (Wildman–Crippen MR) is 83.0 cm³/mol. The van der Waals surface area contributed by atoms with E-state index in [0.717, 1.165) is 24.5 Å². The predicted octanol–water partition coefficient (Wildman–Crippen LogP) is 3.30. The van der Waals surface area contributed by atoms with Crippen LogP contribution in [0.4, 0.5) is 0 Å². The second-order valence-electron chi connectivity index (χ2n) is 6.01. The van der Waals surface area contributed by atoms with Gasteiger partial charge in [-0.15, -0.1) is 0 Å². The van der Waals surface area contributed by atoms with Gasteiger partial charge in [-0.2, -0.15) is 0 Å². The summed E-state index contributed by atoms with van der Waals surface area (Å²) in [6.07, 6.45) is 5.53. The van der Waals surface area contributed by atoms with Crippen molar-refractivity contribution in [2.45, 2.75) is 46.1 Å². The highest BCUT2D eigenvalue weighted by molar-refractivity contribution is 5.67. The summed E-state index contributed by atoms with van der Waals surface area (Å²) < 4.78 is 0. The molecule has 1 aromatic carbocycles. The topological polar surface area (TPSA) is 40.7 Å². The van der Waals surface area contributed by atoms with Crippen LogP contribution in [0.25, 0.3) is 11.3 Å². The Balaban J connectivity index is 1.86. The maximum absolute atomic E-state index is 4.57. The number of rotatable bonds is 3. The molecular weight excluding hydrogens is 246 g/mol. The van der Waals surface area contributed by atoms with E-state index < -0.39 is 0 Å². The highest BCUT2D eigenvalue weighted by Gasteiger charge is 2.17. The number of aromatic nitrogens is 2. The number of imidazole rings is 1. The van der Waals surface area contributed by atoms with E-state index in [1.54, 1.807) is 0 Å². The van der Waals surface area contributed by atoms with Gasteiger partial charge >= 0.3 is 0 Å². The third-order valence-corrected chi connectivity index (χ3v) is 4.18. The zero-order chi connectivity index (χ0) is 14.1. The fourth-order valence-corrected chi connectivity index (χ4v) is 3.36. The van der Waals surface area contributed by atoms with E-state index in [9.17, 15) is 0 Å². The summed E-state index contributed by atoms with van der Waals surface area (Å²) in [5.74, 6) is 1.10. The maximum Gasteiger partial charge on any atom is 0.108 e. The van der Waals surface area contributed by atoms with Crippen molar-refractivity contribution in [3.8, 4) is 11.3 Å². The number of nitrogens with one attached hydrogen (secondary N) is 2. The lowest BCUT2D eigenvalue weighted by Gasteiger charge is -2.10. The van der Waals surface area contributed by atoms with Crippen molar-refractivity contribution in [1.82, 2.24) is 15.3 Å². The van der Waals surface area contributed by atoms with Crippen LogP contribution in [0.3, 0.4) is 0 Å². The average Bonchev–Trinajstić information content (AvgIpc) is 3.00. The maximum atomic E-state index is 4.57.